The number of benzene rings is 6. The van der Waals surface area contributed by atoms with Crippen LogP contribution in [-0.4, -0.2) is 155 Å². The van der Waals surface area contributed by atoms with Gasteiger partial charge >= 0.3 is 28.4 Å². The smallest absolute Gasteiger partial charge is 0.332 e. The lowest BCUT2D eigenvalue weighted by Gasteiger charge is -2.09. The number of nitrogens with one attached hydrogen (secondary N) is 5. The van der Waals surface area contributed by atoms with Gasteiger partial charge in [0.2, 0.25) is 29.5 Å². The van der Waals surface area contributed by atoms with E-state index in [4.69, 9.17) is 4.74 Å². The van der Waals surface area contributed by atoms with Crippen LogP contribution in [0.1, 0.15) is 5.01 Å². The van der Waals surface area contributed by atoms with Gasteiger partial charge in [-0.1, -0.05) is 97.1 Å². The Balaban J connectivity index is 0.000000131. The monoisotopic (exact) mass is 2010 g/mol. The molecule has 14 heterocycles. The molecule has 0 fully saturated rings. The molecule has 0 aliphatic heterocycles. The van der Waals surface area contributed by atoms with Gasteiger partial charge < -0.3 is 54.2 Å². The lowest BCUT2D eigenvalue weighted by atomic mass is 10.1. The van der Waals surface area contributed by atoms with Crippen LogP contribution < -0.4 is 87.6 Å². The highest BCUT2D eigenvalue weighted by Gasteiger charge is 2.24. The summed E-state index contributed by atoms with van der Waals surface area (Å²) in [6.07, 6.45) is 13.3. The minimum atomic E-state index is -0.514. The number of imidazole rings is 5. The average Bonchev–Trinajstić information content (AvgIpc) is 1.62. The van der Waals surface area contributed by atoms with Gasteiger partial charge in [0.1, 0.15) is 43.5 Å². The van der Waals surface area contributed by atoms with Crippen molar-refractivity contribution in [2.75, 3.05) is 33.7 Å². The third kappa shape index (κ3) is 21.2. The molecule has 20 rings (SSSR count). The van der Waals surface area contributed by atoms with Crippen molar-refractivity contribution in [2.24, 2.45) is 70.5 Å². The van der Waals surface area contributed by atoms with E-state index >= 15 is 0 Å². The molecular formula is C98H90N30O16S2. The van der Waals surface area contributed by atoms with E-state index in [1.807, 2.05) is 157 Å². The van der Waals surface area contributed by atoms with E-state index in [-0.39, 0.29) is 112 Å². The van der Waals surface area contributed by atoms with Crippen LogP contribution in [-0.2, 0) is 127 Å². The number of hydrogen-bond donors (Lipinski definition) is 5. The summed E-state index contributed by atoms with van der Waals surface area (Å²) in [4.78, 5) is 227. The number of pyridine rings is 1. The summed E-state index contributed by atoms with van der Waals surface area (Å²) >= 11 is 3.12. The zero-order valence-corrected chi connectivity index (χ0v) is 81.7. The molecule has 6 aromatic carbocycles. The van der Waals surface area contributed by atoms with Crippen molar-refractivity contribution >= 4 is 137 Å². The first-order valence-electron chi connectivity index (χ1n) is 44.3. The predicted octanol–water partition coefficient (Wildman–Crippen LogP) is 6.11. The van der Waals surface area contributed by atoms with Crippen LogP contribution in [0.3, 0.4) is 0 Å². The van der Waals surface area contributed by atoms with Crippen molar-refractivity contribution < 1.29 is 28.7 Å². The molecule has 146 heavy (non-hydrogen) atoms. The number of ether oxygens (including phenoxy) is 1. The second-order valence-electron chi connectivity index (χ2n) is 33.0. The van der Waals surface area contributed by atoms with Crippen molar-refractivity contribution in [3.63, 3.8) is 0 Å². The molecule has 0 atom stereocenters. The molecule has 0 aliphatic rings. The molecule has 0 spiro atoms. The Kier molecular flexibility index (Phi) is 29.2. The molecule has 0 radical (unpaired) electrons. The number of carbonyl (C=O) groups is 5. The predicted molar refractivity (Wildman–Crippen MR) is 550 cm³/mol. The highest BCUT2D eigenvalue weighted by atomic mass is 32.1. The Hall–Kier alpha value is -19.3. The summed E-state index contributed by atoms with van der Waals surface area (Å²) in [7, 11) is 16.2. The maximum absolute atomic E-state index is 12.6. The lowest BCUT2D eigenvalue weighted by molar-refractivity contribution is -0.117. The summed E-state index contributed by atoms with van der Waals surface area (Å²) in [5.41, 5.74) is 8.00. The maximum atomic E-state index is 12.6. The second-order valence-corrected chi connectivity index (χ2v) is 35.0. The van der Waals surface area contributed by atoms with Gasteiger partial charge in [0.25, 0.3) is 27.8 Å². The van der Waals surface area contributed by atoms with Gasteiger partial charge in [-0.25, -0.2) is 63.8 Å². The number of nitrogens with zero attached hydrogens (tertiary/aromatic N) is 25. The topological polar surface area (TPSA) is 528 Å². The summed E-state index contributed by atoms with van der Waals surface area (Å²) in [6, 6.07) is 52.7. The van der Waals surface area contributed by atoms with Crippen LogP contribution in [0.25, 0.3) is 111 Å². The largest absolute Gasteiger partial charge is 0.497 e. The number of amides is 5. The lowest BCUT2D eigenvalue weighted by Crippen LogP contribution is -2.37. The SMILES string of the molecule is COc1cccc(-c2ccc(NC(=O)Cn3cnc4c3c(=O)n(C)c(=O)n4C)cc2)c1.Cc1nc(-c2ccc(NC(=O)Cn3cnc4c3c(=O)n(C)c(=O)n4C)cc2)cs1.Cn1c(=O)c2c(ncn2CC(=O)Nc2ccc(-c3ccccc3)nc2)n(C)c1=O.Cn1c(=O)c2c(ncn2CC(=O)Nc2ccc(-c3nccs3)cc2)n(C)c1=O.Cn1c(=O)c2c(ncn2CC(=O)Nc2cnc(-c3ccccc3)cn2)n(C)c1=O. The Bertz CT molecular complexity index is 8890. The molecule has 14 aromatic heterocycles. The summed E-state index contributed by atoms with van der Waals surface area (Å²) in [5, 5.41) is 19.6. The molecule has 0 saturated heterocycles. The zero-order valence-electron chi connectivity index (χ0n) is 80.1. The molecule has 5 amide bonds. The van der Waals surface area contributed by atoms with Crippen molar-refractivity contribution in [3.05, 3.63) is 346 Å². The van der Waals surface area contributed by atoms with Crippen molar-refractivity contribution in [1.29, 1.82) is 0 Å². The van der Waals surface area contributed by atoms with Crippen LogP contribution in [0.5, 0.6) is 5.75 Å². The van der Waals surface area contributed by atoms with E-state index in [0.717, 1.165) is 83.4 Å². The Labute approximate surface area is 830 Å². The highest BCUT2D eigenvalue weighted by molar-refractivity contribution is 7.13. The molecule has 20 aromatic rings. The normalized spacial score (nSPS) is 11.0. The number of aromatic nitrogens is 25. The van der Waals surface area contributed by atoms with Gasteiger partial charge in [-0.2, -0.15) is 0 Å². The summed E-state index contributed by atoms with van der Waals surface area (Å²) in [5.74, 6) is -0.610. The van der Waals surface area contributed by atoms with Gasteiger partial charge in [-0.05, 0) is 90.8 Å². The van der Waals surface area contributed by atoms with Crippen LogP contribution in [0.15, 0.2) is 285 Å². The second kappa shape index (κ2) is 42.8. The summed E-state index contributed by atoms with van der Waals surface area (Å²) in [6.45, 7) is 1.36. The molecule has 0 bridgehead atoms. The fourth-order valence-corrected chi connectivity index (χ4v) is 16.8. The van der Waals surface area contributed by atoms with E-state index < -0.39 is 62.2 Å². The quantitative estimate of drug-likeness (QED) is 0.0541. The van der Waals surface area contributed by atoms with E-state index in [1.165, 1.54) is 165 Å². The van der Waals surface area contributed by atoms with Crippen LogP contribution in [0.2, 0.25) is 0 Å². The van der Waals surface area contributed by atoms with Crippen LogP contribution >= 0.6 is 22.7 Å². The number of anilines is 5. The molecule has 48 heteroatoms. The van der Waals surface area contributed by atoms with Gasteiger partial charge in [0.05, 0.1) is 85.1 Å². The van der Waals surface area contributed by atoms with Gasteiger partial charge in [0, 0.05) is 127 Å². The molecule has 5 N–H and O–H groups in total. The number of aryl methyl sites for hydroxylation is 6. The molecule has 0 unspecified atom stereocenters. The average molecular weight is 2010 g/mol. The van der Waals surface area contributed by atoms with E-state index in [0.29, 0.717) is 34.3 Å². The Morgan fingerprint density at radius 1 is 0.301 bits per heavy atom. The third-order valence-electron chi connectivity index (χ3n) is 23.3. The Morgan fingerprint density at radius 3 is 0.959 bits per heavy atom. The molecule has 0 aliphatic carbocycles. The fourth-order valence-electron chi connectivity index (χ4n) is 15.6. The van der Waals surface area contributed by atoms with Crippen molar-refractivity contribution in [2.45, 2.75) is 39.6 Å². The first-order valence-corrected chi connectivity index (χ1v) is 46.1. The standard InChI is InChI=1S/C22H21N5O4.C20H18N6O3.C19H17N7O3.C19H18N6O3S.C18H16N6O3S/c1-25-20-19(21(29)26(2)22(25)30)27(13-23-20)12-18(28)24-16-9-7-14(8-10-16)15-5-4-6-17(11-15)31-3;1-24-18-17(19(28)25(2)20(24)29)26(12-22-18)11-16(27)23-14-8-9-15(21-10-14)13-6-4-3-5-7-13;1-24-17-16(18(28)25(2)19(24)29)26(11-22-17)10-15(27)23-14-9-20-13(8-21-14)12-6-4-3-5-7-12;1-11-21-14(9-29-11)12-4-6-13(7-5-12)22-15(26)8-25-10-20-17-16(25)18(27)24(3)19(28)23(17)2;1-22-15-14(17(26)23(2)18(22)27)24(10-20-15)9-13(25)21-12-5-3-11(4-6-12)16-19-7-8-28-16/h4-11,13H,12H2,1-3H3,(H,24,28);3-10,12H,11H2,1-2H3,(H,23,27);3-9,11H,10H2,1-2H3,(H,21,23,27);4-7,9-10H,8H2,1-3H3,(H,22,26);3-8,10H,9H2,1-2H3,(H,21,25). The molecule has 740 valence electrons. The molecule has 0 saturated carbocycles. The van der Waals surface area contributed by atoms with Gasteiger partial charge in [0.15, 0.2) is 61.6 Å². The summed E-state index contributed by atoms with van der Waals surface area (Å²) < 4.78 is 23.7. The first-order chi connectivity index (χ1) is 70.1. The number of fused-ring (bicyclic) bond motifs is 5. The minimum absolute atomic E-state index is 0.0990. The van der Waals surface area contributed by atoms with Gasteiger partial charge in [-0.3, -0.25) is 104 Å². The number of methoxy groups -OCH3 is 1. The molecule has 46 nitrogen and oxygen atoms in total. The maximum Gasteiger partial charge on any atom is 0.332 e. The van der Waals surface area contributed by atoms with E-state index in [1.54, 1.807) is 67.4 Å². The Morgan fingerprint density at radius 2 is 0.630 bits per heavy atom. The molecular weight excluding hydrogens is 1920 g/mol. The van der Waals surface area contributed by atoms with E-state index in [9.17, 15) is 71.9 Å². The number of carbonyl (C=O) groups excluding carboxylic acids is 5. The van der Waals surface area contributed by atoms with Gasteiger partial charge in [-0.15, -0.1) is 22.7 Å². The number of rotatable bonds is 21. The number of hydrogen-bond acceptors (Lipinski definition) is 28. The van der Waals surface area contributed by atoms with Crippen molar-refractivity contribution in [3.8, 4) is 61.2 Å². The van der Waals surface area contributed by atoms with Crippen LogP contribution in [0.4, 0.5) is 28.6 Å². The first kappa shape index (κ1) is 99.7. The van der Waals surface area contributed by atoms with Crippen LogP contribution in [0, 0.1) is 6.92 Å². The fraction of sp³-hybridized carbons (Fsp3) is 0.173. The minimum Gasteiger partial charge on any atom is -0.497 e. The highest BCUT2D eigenvalue weighted by Crippen LogP contribution is 2.29. The zero-order chi connectivity index (χ0) is 104. The number of thiazole rings is 2. The van der Waals surface area contributed by atoms with Crippen molar-refractivity contribution in [1.82, 2.24) is 118 Å². The van der Waals surface area contributed by atoms with E-state index in [2.05, 4.69) is 76.4 Å². The third-order valence-corrected chi connectivity index (χ3v) is 24.9.